The Morgan fingerprint density at radius 1 is 1.32 bits per heavy atom. The van der Waals surface area contributed by atoms with Gasteiger partial charge in [-0.05, 0) is 36.1 Å². The maximum Gasteiger partial charge on any atom is 0.317 e. The number of anilines is 1. The first-order chi connectivity index (χ1) is 11.8. The van der Waals surface area contributed by atoms with Crippen LogP contribution < -0.4 is 21.5 Å². The van der Waals surface area contributed by atoms with Crippen LogP contribution in [0.4, 0.5) is 9.80 Å². The molecule has 25 heavy (non-hydrogen) atoms. The van der Waals surface area contributed by atoms with E-state index >= 15 is 0 Å². The zero-order chi connectivity index (χ0) is 18.4. The Morgan fingerprint density at radius 2 is 2.00 bits per heavy atom. The second-order valence-electron chi connectivity index (χ2n) is 5.80. The van der Waals surface area contributed by atoms with Gasteiger partial charge in [0.05, 0.1) is 12.0 Å². The summed E-state index contributed by atoms with van der Waals surface area (Å²) in [6.07, 6.45) is 2.40. The predicted molar refractivity (Wildman–Crippen MR) is 97.9 cm³/mol. The lowest BCUT2D eigenvalue weighted by Gasteiger charge is -2.22. The minimum Gasteiger partial charge on any atom is -0.496 e. The molecule has 5 N–H and O–H groups in total. The lowest BCUT2D eigenvalue weighted by atomic mass is 9.88. The van der Waals surface area contributed by atoms with Crippen molar-refractivity contribution in [3.05, 3.63) is 28.8 Å². The number of carbonyl (C=O) groups excluding carboxylic acids is 1. The number of hydrogen-bond acceptors (Lipinski definition) is 6. The number of urea groups is 1. The standard InChI is InChI=1S/C16H19N3O4S2/c1-23-11-5-6-12(25(2,21)22)9-4-3-8-10(7-17)15(19-16(18)20)24-14(8)13(9)11/h5-6H,3-4,7,17H2,1-2H3,(H3,18,19,20). The second kappa shape index (κ2) is 6.32. The van der Waals surface area contributed by atoms with E-state index in [-0.39, 0.29) is 6.54 Å². The quantitative estimate of drug-likeness (QED) is 0.746. The van der Waals surface area contributed by atoms with Gasteiger partial charge in [-0.15, -0.1) is 11.3 Å². The summed E-state index contributed by atoms with van der Waals surface area (Å²) in [6, 6.07) is 2.58. The van der Waals surface area contributed by atoms with Gasteiger partial charge in [0.15, 0.2) is 9.84 Å². The van der Waals surface area contributed by atoms with Crippen LogP contribution in [0.1, 0.15) is 16.7 Å². The zero-order valence-electron chi connectivity index (χ0n) is 13.9. The van der Waals surface area contributed by atoms with Crippen molar-refractivity contribution in [2.45, 2.75) is 24.3 Å². The molecule has 2 amide bonds. The Labute approximate surface area is 149 Å². The Morgan fingerprint density at radius 3 is 2.56 bits per heavy atom. The fraction of sp³-hybridized carbons (Fsp3) is 0.312. The van der Waals surface area contributed by atoms with Crippen molar-refractivity contribution in [3.8, 4) is 16.2 Å². The van der Waals surface area contributed by atoms with Crippen LogP contribution in [0.5, 0.6) is 5.75 Å². The molecule has 0 fully saturated rings. The molecule has 134 valence electrons. The van der Waals surface area contributed by atoms with Gasteiger partial charge in [-0.25, -0.2) is 13.2 Å². The van der Waals surface area contributed by atoms with Crippen LogP contribution in [-0.2, 0) is 29.2 Å². The summed E-state index contributed by atoms with van der Waals surface area (Å²) in [5.74, 6) is 0.596. The molecule has 0 aliphatic heterocycles. The number of nitrogens with two attached hydrogens (primary N) is 2. The number of hydrogen-bond donors (Lipinski definition) is 3. The Kier molecular flexibility index (Phi) is 4.48. The largest absolute Gasteiger partial charge is 0.496 e. The molecule has 1 aromatic heterocycles. The SMILES string of the molecule is COc1ccc(S(C)(=O)=O)c2c1-c1sc(NC(N)=O)c(CN)c1CC2. The first-order valence-electron chi connectivity index (χ1n) is 7.59. The van der Waals surface area contributed by atoms with Gasteiger partial charge in [0.25, 0.3) is 0 Å². The van der Waals surface area contributed by atoms with Crippen LogP contribution in [-0.4, -0.2) is 27.8 Å². The van der Waals surface area contributed by atoms with E-state index in [2.05, 4.69) is 5.32 Å². The number of ether oxygens (including phenoxy) is 1. The molecule has 0 saturated carbocycles. The minimum atomic E-state index is -3.37. The third-order valence-corrected chi connectivity index (χ3v) is 6.65. The summed E-state index contributed by atoms with van der Waals surface area (Å²) in [4.78, 5) is 12.5. The molecular weight excluding hydrogens is 362 g/mol. The highest BCUT2D eigenvalue weighted by atomic mass is 32.2. The number of primary amides is 1. The molecule has 1 aliphatic carbocycles. The molecular formula is C16H19N3O4S2. The highest BCUT2D eigenvalue weighted by molar-refractivity contribution is 7.90. The number of methoxy groups -OCH3 is 1. The maximum absolute atomic E-state index is 12.2. The monoisotopic (exact) mass is 381 g/mol. The number of amides is 2. The molecule has 0 spiro atoms. The van der Waals surface area contributed by atoms with Crippen molar-refractivity contribution in [1.82, 2.24) is 0 Å². The summed E-state index contributed by atoms with van der Waals surface area (Å²) < 4.78 is 29.8. The average Bonchev–Trinajstić information content (AvgIpc) is 2.88. The molecule has 0 saturated heterocycles. The van der Waals surface area contributed by atoms with Crippen LogP contribution in [0.15, 0.2) is 17.0 Å². The van der Waals surface area contributed by atoms with Crippen molar-refractivity contribution in [1.29, 1.82) is 0 Å². The van der Waals surface area contributed by atoms with Crippen LogP contribution in [0.2, 0.25) is 0 Å². The number of rotatable bonds is 4. The van der Waals surface area contributed by atoms with Gasteiger partial charge in [0, 0.05) is 28.8 Å². The van der Waals surface area contributed by atoms with Gasteiger partial charge < -0.3 is 16.2 Å². The molecule has 1 heterocycles. The summed E-state index contributed by atoms with van der Waals surface area (Å²) >= 11 is 1.34. The third kappa shape index (κ3) is 2.99. The van der Waals surface area contributed by atoms with Crippen molar-refractivity contribution in [3.63, 3.8) is 0 Å². The van der Waals surface area contributed by atoms with Crippen LogP contribution in [0.3, 0.4) is 0 Å². The molecule has 0 unspecified atom stereocenters. The molecule has 1 aromatic carbocycles. The normalized spacial score (nSPS) is 13.1. The summed E-state index contributed by atoms with van der Waals surface area (Å²) in [6.45, 7) is 0.255. The van der Waals surface area contributed by atoms with Crippen molar-refractivity contribution in [2.24, 2.45) is 11.5 Å². The minimum absolute atomic E-state index is 0.255. The van der Waals surface area contributed by atoms with Crippen LogP contribution in [0.25, 0.3) is 10.4 Å². The molecule has 9 heteroatoms. The van der Waals surface area contributed by atoms with Crippen LogP contribution >= 0.6 is 11.3 Å². The first-order valence-corrected chi connectivity index (χ1v) is 10.3. The Hall–Kier alpha value is -2.10. The van der Waals surface area contributed by atoms with E-state index in [0.29, 0.717) is 28.5 Å². The van der Waals surface area contributed by atoms with E-state index in [0.717, 1.165) is 27.1 Å². The predicted octanol–water partition coefficient (Wildman–Crippen LogP) is 1.88. The number of sulfone groups is 1. The van der Waals surface area contributed by atoms with Gasteiger partial charge in [-0.2, -0.15) is 0 Å². The molecule has 0 bridgehead atoms. The Bertz CT molecular complexity index is 964. The molecule has 7 nitrogen and oxygen atoms in total. The molecule has 0 radical (unpaired) electrons. The van der Waals surface area contributed by atoms with Crippen molar-refractivity contribution in [2.75, 3.05) is 18.7 Å². The van der Waals surface area contributed by atoms with Gasteiger partial charge >= 0.3 is 6.03 Å². The summed E-state index contributed by atoms with van der Waals surface area (Å²) in [7, 11) is -1.82. The third-order valence-electron chi connectivity index (χ3n) is 4.26. The van der Waals surface area contributed by atoms with Gasteiger partial charge in [-0.1, -0.05) is 0 Å². The van der Waals surface area contributed by atoms with E-state index in [4.69, 9.17) is 16.2 Å². The molecule has 2 aromatic rings. The lowest BCUT2D eigenvalue weighted by molar-refractivity contribution is 0.259. The first kappa shape index (κ1) is 17.7. The summed E-state index contributed by atoms with van der Waals surface area (Å²) in [5, 5.41) is 3.21. The maximum atomic E-state index is 12.2. The lowest BCUT2D eigenvalue weighted by Crippen LogP contribution is -2.20. The fourth-order valence-corrected chi connectivity index (χ4v) is 5.59. The summed E-state index contributed by atoms with van der Waals surface area (Å²) in [5.41, 5.74) is 14.5. The fourth-order valence-electron chi connectivity index (χ4n) is 3.27. The van der Waals surface area contributed by atoms with Crippen molar-refractivity contribution < 1.29 is 17.9 Å². The molecule has 1 aliphatic rings. The van der Waals surface area contributed by atoms with E-state index in [9.17, 15) is 13.2 Å². The Balaban J connectivity index is 2.31. The highest BCUT2D eigenvalue weighted by Crippen LogP contribution is 2.49. The number of fused-ring (bicyclic) bond motifs is 3. The topological polar surface area (TPSA) is 125 Å². The van der Waals surface area contributed by atoms with Gasteiger partial charge in [0.2, 0.25) is 0 Å². The zero-order valence-corrected chi connectivity index (χ0v) is 15.5. The highest BCUT2D eigenvalue weighted by Gasteiger charge is 2.30. The smallest absolute Gasteiger partial charge is 0.317 e. The van der Waals surface area contributed by atoms with Gasteiger partial charge in [-0.3, -0.25) is 5.32 Å². The van der Waals surface area contributed by atoms with E-state index < -0.39 is 15.9 Å². The van der Waals surface area contributed by atoms with E-state index in [1.807, 2.05) is 0 Å². The van der Waals surface area contributed by atoms with Crippen molar-refractivity contribution >= 4 is 32.2 Å². The number of nitrogens with one attached hydrogen (secondary N) is 1. The average molecular weight is 381 g/mol. The number of thiophene rings is 1. The number of benzene rings is 1. The van der Waals surface area contributed by atoms with E-state index in [1.54, 1.807) is 19.2 Å². The second-order valence-corrected chi connectivity index (χ2v) is 8.81. The van der Waals surface area contributed by atoms with E-state index in [1.165, 1.54) is 17.6 Å². The van der Waals surface area contributed by atoms with Crippen LogP contribution in [0, 0.1) is 0 Å². The number of carbonyl (C=O) groups is 1. The molecule has 0 atom stereocenters. The molecule has 3 rings (SSSR count). The van der Waals surface area contributed by atoms with Gasteiger partial charge in [0.1, 0.15) is 10.8 Å².